The molecule has 2 atom stereocenters. The Morgan fingerprint density at radius 1 is 1.26 bits per heavy atom. The highest BCUT2D eigenvalue weighted by Gasteiger charge is 2.30. The van der Waals surface area contributed by atoms with Crippen molar-refractivity contribution >= 4 is 5.91 Å². The molecule has 1 aromatic rings. The van der Waals surface area contributed by atoms with E-state index < -0.39 is 29.8 Å². The number of benzene rings is 1. The summed E-state index contributed by atoms with van der Waals surface area (Å²) in [7, 11) is 0. The summed E-state index contributed by atoms with van der Waals surface area (Å²) in [6.45, 7) is 0.825. The predicted molar refractivity (Wildman–Crippen MR) is 61.6 cm³/mol. The predicted octanol–water partition coefficient (Wildman–Crippen LogP) is 0.768. The normalized spacial score (nSPS) is 23.4. The Kier molecular flexibility index (Phi) is 3.77. The van der Waals surface area contributed by atoms with E-state index in [2.05, 4.69) is 10.6 Å². The third-order valence-corrected chi connectivity index (χ3v) is 2.97. The molecule has 1 amide bonds. The molecule has 0 aromatic heterocycles. The number of carbonyl (C=O) groups is 1. The molecule has 1 heterocycles. The lowest BCUT2D eigenvalue weighted by Crippen LogP contribution is -2.42. The van der Waals surface area contributed by atoms with Crippen LogP contribution in [0, 0.1) is 0 Å². The molecule has 0 radical (unpaired) electrons. The minimum Gasteiger partial charge on any atom is -0.390 e. The second-order valence-corrected chi connectivity index (χ2v) is 4.38. The molecule has 0 bridgehead atoms. The van der Waals surface area contributed by atoms with Crippen molar-refractivity contribution in [3.05, 3.63) is 35.4 Å². The van der Waals surface area contributed by atoms with Crippen LogP contribution in [-0.4, -0.2) is 36.2 Å². The van der Waals surface area contributed by atoms with Gasteiger partial charge in [0.15, 0.2) is 0 Å². The number of hydrogen-bond donors (Lipinski definition) is 3. The molecular weight excluding hydrogens is 261 g/mol. The third kappa shape index (κ3) is 3.24. The molecule has 1 fully saturated rings. The van der Waals surface area contributed by atoms with E-state index in [1.807, 2.05) is 0 Å². The first-order valence-electron chi connectivity index (χ1n) is 5.75. The van der Waals surface area contributed by atoms with E-state index in [1.54, 1.807) is 0 Å². The van der Waals surface area contributed by atoms with Crippen LogP contribution in [0.5, 0.6) is 0 Å². The smallest absolute Gasteiger partial charge is 0.390 e. The molecule has 1 saturated heterocycles. The Morgan fingerprint density at radius 3 is 2.37 bits per heavy atom. The Morgan fingerprint density at radius 2 is 1.89 bits per heavy atom. The van der Waals surface area contributed by atoms with Gasteiger partial charge >= 0.3 is 6.18 Å². The Balaban J connectivity index is 2.03. The van der Waals surface area contributed by atoms with Crippen LogP contribution in [0.1, 0.15) is 15.9 Å². The van der Waals surface area contributed by atoms with Crippen LogP contribution in [0.25, 0.3) is 0 Å². The fraction of sp³-hybridized carbons (Fsp3) is 0.417. The number of alkyl halides is 3. The van der Waals surface area contributed by atoms with Crippen LogP contribution < -0.4 is 10.6 Å². The van der Waals surface area contributed by atoms with Gasteiger partial charge in [0, 0.05) is 18.7 Å². The van der Waals surface area contributed by atoms with Gasteiger partial charge in [-0.1, -0.05) is 0 Å². The minimum atomic E-state index is -4.42. The second kappa shape index (κ2) is 5.18. The average Bonchev–Trinajstić information content (AvgIpc) is 2.74. The van der Waals surface area contributed by atoms with Crippen molar-refractivity contribution < 1.29 is 23.1 Å². The molecule has 0 aliphatic carbocycles. The topological polar surface area (TPSA) is 61.4 Å². The molecule has 1 aliphatic heterocycles. The lowest BCUT2D eigenvalue weighted by Gasteiger charge is -2.15. The van der Waals surface area contributed by atoms with E-state index in [1.165, 1.54) is 0 Å². The summed E-state index contributed by atoms with van der Waals surface area (Å²) in [4.78, 5) is 11.8. The number of β-amino-alcohol motifs (C(OH)–C–C–N with tert-alkyl or cyclic N) is 1. The fourth-order valence-corrected chi connectivity index (χ4v) is 1.87. The highest BCUT2D eigenvalue weighted by molar-refractivity contribution is 5.94. The summed E-state index contributed by atoms with van der Waals surface area (Å²) in [5, 5.41) is 15.0. The molecule has 1 aliphatic rings. The molecule has 0 saturated carbocycles. The van der Waals surface area contributed by atoms with E-state index in [-0.39, 0.29) is 5.56 Å². The van der Waals surface area contributed by atoms with Crippen molar-refractivity contribution in [1.82, 2.24) is 10.6 Å². The highest BCUT2D eigenvalue weighted by Crippen LogP contribution is 2.29. The Hall–Kier alpha value is -1.60. The zero-order chi connectivity index (χ0) is 14.0. The first-order chi connectivity index (χ1) is 8.88. The first-order valence-corrected chi connectivity index (χ1v) is 5.75. The van der Waals surface area contributed by atoms with Crippen molar-refractivity contribution in [2.75, 3.05) is 13.1 Å². The number of aliphatic hydroxyl groups excluding tert-OH is 1. The molecule has 3 N–H and O–H groups in total. The Bertz CT molecular complexity index is 459. The molecular formula is C12H13F3N2O2. The van der Waals surface area contributed by atoms with Crippen LogP contribution >= 0.6 is 0 Å². The monoisotopic (exact) mass is 274 g/mol. The SMILES string of the molecule is O=C(N[C@H]1CNC[C@@H]1O)c1ccc(C(F)(F)F)cc1. The van der Waals surface area contributed by atoms with Gasteiger partial charge < -0.3 is 15.7 Å². The summed E-state index contributed by atoms with van der Waals surface area (Å²) < 4.78 is 37.1. The first kappa shape index (κ1) is 13.8. The van der Waals surface area contributed by atoms with E-state index in [4.69, 9.17) is 0 Å². The van der Waals surface area contributed by atoms with Crippen molar-refractivity contribution in [3.63, 3.8) is 0 Å². The molecule has 104 valence electrons. The summed E-state index contributed by atoms with van der Waals surface area (Å²) in [6.07, 6.45) is -5.10. The molecule has 7 heteroatoms. The number of carbonyl (C=O) groups excluding carboxylic acids is 1. The van der Waals surface area contributed by atoms with Gasteiger partial charge in [-0.3, -0.25) is 4.79 Å². The lowest BCUT2D eigenvalue weighted by atomic mass is 10.1. The summed E-state index contributed by atoms with van der Waals surface area (Å²) in [6, 6.07) is 3.53. The quantitative estimate of drug-likeness (QED) is 0.746. The Labute approximate surface area is 107 Å². The van der Waals surface area contributed by atoms with Gasteiger partial charge in [0.25, 0.3) is 5.91 Å². The highest BCUT2D eigenvalue weighted by atomic mass is 19.4. The van der Waals surface area contributed by atoms with E-state index in [0.717, 1.165) is 24.3 Å². The van der Waals surface area contributed by atoms with Gasteiger partial charge in [-0.15, -0.1) is 0 Å². The van der Waals surface area contributed by atoms with Crippen LogP contribution in [0.3, 0.4) is 0 Å². The molecule has 2 rings (SSSR count). The van der Waals surface area contributed by atoms with Gasteiger partial charge in [0.1, 0.15) is 0 Å². The van der Waals surface area contributed by atoms with Crippen molar-refractivity contribution in [2.45, 2.75) is 18.3 Å². The fourth-order valence-electron chi connectivity index (χ4n) is 1.87. The average molecular weight is 274 g/mol. The van der Waals surface area contributed by atoms with E-state index in [0.29, 0.717) is 13.1 Å². The van der Waals surface area contributed by atoms with Gasteiger partial charge in [-0.05, 0) is 24.3 Å². The van der Waals surface area contributed by atoms with E-state index in [9.17, 15) is 23.1 Å². The van der Waals surface area contributed by atoms with Crippen LogP contribution in [0.4, 0.5) is 13.2 Å². The molecule has 0 unspecified atom stereocenters. The molecule has 4 nitrogen and oxygen atoms in total. The number of amides is 1. The van der Waals surface area contributed by atoms with Crippen molar-refractivity contribution in [1.29, 1.82) is 0 Å². The maximum absolute atomic E-state index is 12.4. The summed E-state index contributed by atoms with van der Waals surface area (Å²) in [5.41, 5.74) is -0.668. The van der Waals surface area contributed by atoms with Gasteiger partial charge in [0.05, 0.1) is 17.7 Å². The maximum Gasteiger partial charge on any atom is 0.416 e. The zero-order valence-electron chi connectivity index (χ0n) is 9.87. The summed E-state index contributed by atoms with van der Waals surface area (Å²) in [5.74, 6) is -0.499. The number of hydrogen-bond acceptors (Lipinski definition) is 3. The maximum atomic E-state index is 12.4. The van der Waals surface area contributed by atoms with Gasteiger partial charge in [-0.25, -0.2) is 0 Å². The lowest BCUT2D eigenvalue weighted by molar-refractivity contribution is -0.137. The third-order valence-electron chi connectivity index (χ3n) is 2.97. The number of nitrogens with one attached hydrogen (secondary N) is 2. The van der Waals surface area contributed by atoms with Crippen molar-refractivity contribution in [2.24, 2.45) is 0 Å². The van der Waals surface area contributed by atoms with Crippen molar-refractivity contribution in [3.8, 4) is 0 Å². The minimum absolute atomic E-state index is 0.132. The van der Waals surface area contributed by atoms with Crippen LogP contribution in [0.15, 0.2) is 24.3 Å². The number of aliphatic hydroxyl groups is 1. The standard InChI is InChI=1S/C12H13F3N2O2/c13-12(14,15)8-3-1-7(2-4-8)11(19)17-9-5-16-6-10(9)18/h1-4,9-10,16,18H,5-6H2,(H,17,19)/t9-,10-/m0/s1. The van der Waals surface area contributed by atoms with Crippen LogP contribution in [-0.2, 0) is 6.18 Å². The van der Waals surface area contributed by atoms with Gasteiger partial charge in [0.2, 0.25) is 0 Å². The number of halogens is 3. The zero-order valence-corrected chi connectivity index (χ0v) is 9.87. The van der Waals surface area contributed by atoms with Gasteiger partial charge in [-0.2, -0.15) is 13.2 Å². The largest absolute Gasteiger partial charge is 0.416 e. The van der Waals surface area contributed by atoms with E-state index >= 15 is 0 Å². The number of rotatable bonds is 2. The molecule has 0 spiro atoms. The summed E-state index contributed by atoms with van der Waals surface area (Å²) >= 11 is 0. The molecule has 19 heavy (non-hydrogen) atoms. The second-order valence-electron chi connectivity index (χ2n) is 4.38. The van der Waals surface area contributed by atoms with Crippen LogP contribution in [0.2, 0.25) is 0 Å². The molecule has 1 aromatic carbocycles.